The van der Waals surface area contributed by atoms with Gasteiger partial charge in [0.15, 0.2) is 0 Å². The van der Waals surface area contributed by atoms with Gasteiger partial charge in [0.1, 0.15) is 5.75 Å². The Labute approximate surface area is 144 Å². The number of ether oxygens (including phenoxy) is 1. The minimum Gasteiger partial charge on any atom is -0.497 e. The number of rotatable bonds is 8. The van der Waals surface area contributed by atoms with E-state index in [1.165, 1.54) is 19.4 Å². The molecule has 0 bridgehead atoms. The lowest BCUT2D eigenvalue weighted by atomic mass is 10.1. The molecule has 1 saturated heterocycles. The molecule has 0 saturated carbocycles. The summed E-state index contributed by atoms with van der Waals surface area (Å²) >= 11 is 0. The van der Waals surface area contributed by atoms with Crippen molar-refractivity contribution in [2.75, 3.05) is 20.2 Å². The van der Waals surface area contributed by atoms with Crippen LogP contribution in [0.1, 0.15) is 55.8 Å². The number of benzene rings is 1. The Morgan fingerprint density at radius 3 is 2.67 bits per heavy atom. The highest BCUT2D eigenvalue weighted by atomic mass is 16.5. The molecule has 0 aliphatic carbocycles. The minimum atomic E-state index is -0.351. The van der Waals surface area contributed by atoms with Gasteiger partial charge in [0.2, 0.25) is 5.91 Å². The highest BCUT2D eigenvalue weighted by Gasteiger charge is 2.22. The average molecular weight is 332 g/mol. The van der Waals surface area contributed by atoms with Gasteiger partial charge >= 0.3 is 0 Å². The highest BCUT2D eigenvalue weighted by Crippen LogP contribution is 2.21. The summed E-state index contributed by atoms with van der Waals surface area (Å²) in [5.41, 5.74) is 0.466. The lowest BCUT2D eigenvalue weighted by molar-refractivity contribution is -0.120. The summed E-state index contributed by atoms with van der Waals surface area (Å²) in [6, 6.07) is 7.40. The van der Waals surface area contributed by atoms with Crippen LogP contribution in [0.3, 0.4) is 0 Å². The van der Waals surface area contributed by atoms with Gasteiger partial charge in [0, 0.05) is 18.0 Å². The molecule has 1 aromatic carbocycles. The maximum Gasteiger partial charge on any atom is 0.257 e. The molecule has 0 radical (unpaired) electrons. The Balaban J connectivity index is 1.66. The first-order valence-electron chi connectivity index (χ1n) is 8.86. The molecule has 1 heterocycles. The van der Waals surface area contributed by atoms with E-state index in [4.69, 9.17) is 4.74 Å². The third-order valence-electron chi connectivity index (χ3n) is 4.70. The van der Waals surface area contributed by atoms with E-state index in [9.17, 15) is 9.59 Å². The normalized spacial score (nSPS) is 17.7. The monoisotopic (exact) mass is 332 g/mol. The number of imide groups is 1. The van der Waals surface area contributed by atoms with Crippen molar-refractivity contribution in [2.45, 2.75) is 51.5 Å². The Bertz CT molecular complexity index is 542. The first-order valence-corrected chi connectivity index (χ1v) is 8.86. The van der Waals surface area contributed by atoms with Crippen molar-refractivity contribution in [3.8, 4) is 5.75 Å². The largest absolute Gasteiger partial charge is 0.497 e. The summed E-state index contributed by atoms with van der Waals surface area (Å²) in [7, 11) is 1.57. The van der Waals surface area contributed by atoms with Gasteiger partial charge in [-0.05, 0) is 63.0 Å². The molecule has 2 amide bonds. The molecule has 5 nitrogen and oxygen atoms in total. The quantitative estimate of drug-likeness (QED) is 0.744. The molecule has 24 heavy (non-hydrogen) atoms. The predicted molar refractivity (Wildman–Crippen MR) is 94.2 cm³/mol. The maximum absolute atomic E-state index is 12.0. The van der Waals surface area contributed by atoms with Crippen molar-refractivity contribution in [1.29, 1.82) is 0 Å². The second kappa shape index (κ2) is 9.42. The molecule has 0 aromatic heterocycles. The standard InChI is InChI=1S/C19H28N2O3/c1-3-21-14-6-8-16(21)7-4-5-9-18(22)20-19(23)15-10-12-17(24-2)13-11-15/h10-13,16H,3-9,14H2,1-2H3,(H,20,22,23). The number of likely N-dealkylation sites (tertiary alicyclic amines) is 1. The molecule has 0 spiro atoms. The minimum absolute atomic E-state index is 0.199. The number of methoxy groups -OCH3 is 1. The number of carbonyl (C=O) groups excluding carboxylic acids is 2. The molecule has 1 fully saturated rings. The lowest BCUT2D eigenvalue weighted by Gasteiger charge is -2.22. The zero-order valence-electron chi connectivity index (χ0n) is 14.7. The Kier molecular flexibility index (Phi) is 7.25. The van der Waals surface area contributed by atoms with Crippen LogP contribution in [0.4, 0.5) is 0 Å². The first kappa shape index (κ1) is 18.5. The lowest BCUT2D eigenvalue weighted by Crippen LogP contribution is -2.30. The van der Waals surface area contributed by atoms with Crippen LogP contribution in [-0.2, 0) is 4.79 Å². The number of nitrogens with one attached hydrogen (secondary N) is 1. The molecule has 1 aliphatic heterocycles. The number of unbranched alkanes of at least 4 members (excludes halogenated alkanes) is 1. The molecule has 1 N–H and O–H groups in total. The maximum atomic E-state index is 12.0. The van der Waals surface area contributed by atoms with Crippen molar-refractivity contribution in [3.63, 3.8) is 0 Å². The molecule has 1 atom stereocenters. The van der Waals surface area contributed by atoms with Crippen molar-refractivity contribution >= 4 is 11.8 Å². The van der Waals surface area contributed by atoms with Crippen LogP contribution in [0.2, 0.25) is 0 Å². The van der Waals surface area contributed by atoms with E-state index in [2.05, 4.69) is 17.1 Å². The summed E-state index contributed by atoms with van der Waals surface area (Å²) < 4.78 is 5.05. The Morgan fingerprint density at radius 1 is 1.25 bits per heavy atom. The van der Waals surface area contributed by atoms with Crippen molar-refractivity contribution in [2.24, 2.45) is 0 Å². The summed E-state index contributed by atoms with van der Waals surface area (Å²) in [5.74, 6) is 0.135. The van der Waals surface area contributed by atoms with Gasteiger partial charge in [-0.25, -0.2) is 0 Å². The fourth-order valence-corrected chi connectivity index (χ4v) is 3.31. The van der Waals surface area contributed by atoms with E-state index in [1.807, 2.05) is 0 Å². The number of carbonyl (C=O) groups is 2. The van der Waals surface area contributed by atoms with E-state index in [0.29, 0.717) is 23.8 Å². The fraction of sp³-hybridized carbons (Fsp3) is 0.579. The third kappa shape index (κ3) is 5.34. The first-order chi connectivity index (χ1) is 11.6. The van der Waals surface area contributed by atoms with E-state index in [1.54, 1.807) is 31.4 Å². The van der Waals surface area contributed by atoms with Gasteiger partial charge in [-0.1, -0.05) is 13.3 Å². The number of nitrogens with zero attached hydrogens (tertiary/aromatic N) is 1. The summed E-state index contributed by atoms with van der Waals surface area (Å²) in [6.45, 7) is 4.52. The van der Waals surface area contributed by atoms with Crippen molar-refractivity contribution < 1.29 is 14.3 Å². The predicted octanol–water partition coefficient (Wildman–Crippen LogP) is 3.00. The van der Waals surface area contributed by atoms with Crippen LogP contribution in [-0.4, -0.2) is 43.0 Å². The van der Waals surface area contributed by atoms with Gasteiger partial charge < -0.3 is 9.64 Å². The van der Waals surface area contributed by atoms with E-state index < -0.39 is 0 Å². The molecule has 2 rings (SSSR count). The van der Waals surface area contributed by atoms with Gasteiger partial charge in [0.05, 0.1) is 7.11 Å². The van der Waals surface area contributed by atoms with Crippen LogP contribution >= 0.6 is 0 Å². The van der Waals surface area contributed by atoms with Gasteiger partial charge in [-0.3, -0.25) is 14.9 Å². The molecular formula is C19H28N2O3. The molecule has 1 aromatic rings. The zero-order valence-corrected chi connectivity index (χ0v) is 14.7. The molecular weight excluding hydrogens is 304 g/mol. The Morgan fingerprint density at radius 2 is 2.00 bits per heavy atom. The summed E-state index contributed by atoms with van der Waals surface area (Å²) in [5, 5.41) is 2.45. The van der Waals surface area contributed by atoms with Crippen LogP contribution in [0.5, 0.6) is 5.75 Å². The summed E-state index contributed by atoms with van der Waals surface area (Å²) in [6.07, 6.45) is 5.97. The van der Waals surface area contributed by atoms with E-state index in [0.717, 1.165) is 25.8 Å². The number of amides is 2. The average Bonchev–Trinajstić information content (AvgIpc) is 3.06. The fourth-order valence-electron chi connectivity index (χ4n) is 3.31. The van der Waals surface area contributed by atoms with Crippen LogP contribution in [0.15, 0.2) is 24.3 Å². The third-order valence-corrected chi connectivity index (χ3v) is 4.70. The van der Waals surface area contributed by atoms with Gasteiger partial charge in [-0.2, -0.15) is 0 Å². The smallest absolute Gasteiger partial charge is 0.257 e. The van der Waals surface area contributed by atoms with E-state index in [-0.39, 0.29) is 11.8 Å². The SMILES string of the molecule is CCN1CCCC1CCCCC(=O)NC(=O)c1ccc(OC)cc1. The zero-order chi connectivity index (χ0) is 17.4. The molecule has 1 aliphatic rings. The van der Waals surface area contributed by atoms with E-state index >= 15 is 0 Å². The van der Waals surface area contributed by atoms with Crippen molar-refractivity contribution in [3.05, 3.63) is 29.8 Å². The van der Waals surface area contributed by atoms with Gasteiger partial charge in [-0.15, -0.1) is 0 Å². The molecule has 132 valence electrons. The Hall–Kier alpha value is -1.88. The van der Waals surface area contributed by atoms with Crippen LogP contribution in [0, 0.1) is 0 Å². The summed E-state index contributed by atoms with van der Waals surface area (Å²) in [4.78, 5) is 26.4. The van der Waals surface area contributed by atoms with Crippen LogP contribution < -0.4 is 10.1 Å². The van der Waals surface area contributed by atoms with Crippen LogP contribution in [0.25, 0.3) is 0 Å². The van der Waals surface area contributed by atoms with Crippen molar-refractivity contribution in [1.82, 2.24) is 10.2 Å². The molecule has 5 heteroatoms. The van der Waals surface area contributed by atoms with Gasteiger partial charge in [0.25, 0.3) is 5.91 Å². The second-order valence-corrected chi connectivity index (χ2v) is 6.28. The topological polar surface area (TPSA) is 58.6 Å². The number of hydrogen-bond donors (Lipinski definition) is 1. The highest BCUT2D eigenvalue weighted by molar-refractivity contribution is 6.04. The molecule has 1 unspecified atom stereocenters. The number of hydrogen-bond acceptors (Lipinski definition) is 4. The second-order valence-electron chi connectivity index (χ2n) is 6.28.